The standard InChI is InChI=1S/C17H21N5O4/c1-4-18-17(25)21-14(23)10-26-16(24)12-9-20-22(15(12)11(2)3)13-7-5-6-8-19-13/h5-9,11H,4,10H2,1-3H3,(H2,18,21,23,25). The van der Waals surface area contributed by atoms with E-state index < -0.39 is 24.5 Å². The molecule has 0 atom stereocenters. The van der Waals surface area contributed by atoms with Crippen LogP contribution in [0.2, 0.25) is 0 Å². The van der Waals surface area contributed by atoms with Gasteiger partial charge in [0.05, 0.1) is 11.9 Å². The summed E-state index contributed by atoms with van der Waals surface area (Å²) in [5.74, 6) is -0.870. The Hall–Kier alpha value is -3.23. The molecule has 0 saturated carbocycles. The van der Waals surface area contributed by atoms with E-state index in [1.807, 2.05) is 19.9 Å². The third-order valence-corrected chi connectivity index (χ3v) is 3.36. The van der Waals surface area contributed by atoms with E-state index in [0.717, 1.165) is 0 Å². The highest BCUT2D eigenvalue weighted by molar-refractivity contribution is 5.97. The Kier molecular flexibility index (Phi) is 6.42. The predicted octanol–water partition coefficient (Wildman–Crippen LogP) is 1.39. The number of nitrogens with zero attached hydrogens (tertiary/aromatic N) is 3. The molecule has 0 saturated heterocycles. The number of imide groups is 1. The first-order chi connectivity index (χ1) is 12.4. The van der Waals surface area contributed by atoms with Gasteiger partial charge in [0, 0.05) is 12.7 Å². The van der Waals surface area contributed by atoms with Crippen molar-refractivity contribution in [2.24, 2.45) is 0 Å². The van der Waals surface area contributed by atoms with E-state index in [4.69, 9.17) is 4.74 Å². The molecular formula is C17H21N5O4. The van der Waals surface area contributed by atoms with Gasteiger partial charge in [-0.2, -0.15) is 5.10 Å². The molecule has 0 aromatic carbocycles. The molecule has 9 heteroatoms. The first-order valence-electron chi connectivity index (χ1n) is 8.18. The van der Waals surface area contributed by atoms with Gasteiger partial charge in [-0.15, -0.1) is 0 Å². The fraction of sp³-hybridized carbons (Fsp3) is 0.353. The van der Waals surface area contributed by atoms with Crippen LogP contribution in [-0.2, 0) is 9.53 Å². The maximum Gasteiger partial charge on any atom is 0.342 e. The number of aromatic nitrogens is 3. The van der Waals surface area contributed by atoms with Crippen molar-refractivity contribution in [2.45, 2.75) is 26.7 Å². The molecular weight excluding hydrogens is 338 g/mol. The zero-order valence-corrected chi connectivity index (χ0v) is 14.9. The lowest BCUT2D eigenvalue weighted by atomic mass is 10.1. The summed E-state index contributed by atoms with van der Waals surface area (Å²) in [6, 6.07) is 4.73. The van der Waals surface area contributed by atoms with Crippen LogP contribution in [0.25, 0.3) is 5.82 Å². The first kappa shape index (κ1) is 19.1. The van der Waals surface area contributed by atoms with Crippen LogP contribution in [0.15, 0.2) is 30.6 Å². The second kappa shape index (κ2) is 8.75. The van der Waals surface area contributed by atoms with Crippen LogP contribution in [0.4, 0.5) is 4.79 Å². The molecule has 2 rings (SSSR count). The fourth-order valence-corrected chi connectivity index (χ4v) is 2.31. The molecule has 2 N–H and O–H groups in total. The molecule has 2 aromatic heterocycles. The second-order valence-corrected chi connectivity index (χ2v) is 5.68. The Morgan fingerprint density at radius 3 is 2.65 bits per heavy atom. The number of nitrogens with one attached hydrogen (secondary N) is 2. The number of carbonyl (C=O) groups is 3. The van der Waals surface area contributed by atoms with Gasteiger partial charge in [0.15, 0.2) is 12.4 Å². The van der Waals surface area contributed by atoms with Crippen molar-refractivity contribution < 1.29 is 19.1 Å². The van der Waals surface area contributed by atoms with Crippen LogP contribution in [-0.4, -0.2) is 45.8 Å². The van der Waals surface area contributed by atoms with E-state index in [1.54, 1.807) is 29.9 Å². The number of esters is 1. The summed E-state index contributed by atoms with van der Waals surface area (Å²) in [5, 5.41) is 8.69. The third-order valence-electron chi connectivity index (χ3n) is 3.36. The summed E-state index contributed by atoms with van der Waals surface area (Å²) in [6.45, 7) is 5.35. The van der Waals surface area contributed by atoms with E-state index in [9.17, 15) is 14.4 Å². The van der Waals surface area contributed by atoms with Gasteiger partial charge in [0.1, 0.15) is 5.56 Å². The first-order valence-corrected chi connectivity index (χ1v) is 8.18. The highest BCUT2D eigenvalue weighted by atomic mass is 16.5. The van der Waals surface area contributed by atoms with Gasteiger partial charge in [-0.3, -0.25) is 10.1 Å². The zero-order chi connectivity index (χ0) is 19.1. The number of hydrogen-bond donors (Lipinski definition) is 2. The number of amides is 3. The zero-order valence-electron chi connectivity index (χ0n) is 14.9. The topological polar surface area (TPSA) is 115 Å². The summed E-state index contributed by atoms with van der Waals surface area (Å²) in [4.78, 5) is 39.5. The molecule has 0 unspecified atom stereocenters. The van der Waals surface area contributed by atoms with Crippen molar-refractivity contribution in [1.29, 1.82) is 0 Å². The van der Waals surface area contributed by atoms with Crippen LogP contribution >= 0.6 is 0 Å². The van der Waals surface area contributed by atoms with E-state index in [0.29, 0.717) is 18.1 Å². The number of urea groups is 1. The van der Waals surface area contributed by atoms with E-state index in [-0.39, 0.29) is 11.5 Å². The third kappa shape index (κ3) is 4.65. The number of carbonyl (C=O) groups excluding carboxylic acids is 3. The summed E-state index contributed by atoms with van der Waals surface area (Å²) in [7, 11) is 0. The Bertz CT molecular complexity index is 786. The number of ether oxygens (including phenoxy) is 1. The molecule has 2 heterocycles. The molecule has 0 aliphatic carbocycles. The molecule has 0 aliphatic rings. The summed E-state index contributed by atoms with van der Waals surface area (Å²) < 4.78 is 6.57. The van der Waals surface area contributed by atoms with Crippen LogP contribution in [0.3, 0.4) is 0 Å². The summed E-state index contributed by atoms with van der Waals surface area (Å²) >= 11 is 0. The molecule has 0 radical (unpaired) electrons. The van der Waals surface area contributed by atoms with E-state index in [2.05, 4.69) is 20.7 Å². The lowest BCUT2D eigenvalue weighted by Gasteiger charge is -2.12. The molecule has 0 fully saturated rings. The Morgan fingerprint density at radius 2 is 2.04 bits per heavy atom. The lowest BCUT2D eigenvalue weighted by molar-refractivity contribution is -0.123. The van der Waals surface area contributed by atoms with Crippen LogP contribution < -0.4 is 10.6 Å². The monoisotopic (exact) mass is 359 g/mol. The SMILES string of the molecule is CCNC(=O)NC(=O)COC(=O)c1cnn(-c2ccccn2)c1C(C)C. The molecule has 0 spiro atoms. The molecule has 3 amide bonds. The van der Waals surface area contributed by atoms with Gasteiger partial charge >= 0.3 is 12.0 Å². The van der Waals surface area contributed by atoms with Crippen LogP contribution in [0.1, 0.15) is 42.7 Å². The van der Waals surface area contributed by atoms with Gasteiger partial charge < -0.3 is 10.1 Å². The van der Waals surface area contributed by atoms with Crippen LogP contribution in [0.5, 0.6) is 0 Å². The van der Waals surface area contributed by atoms with Gasteiger partial charge in [0.25, 0.3) is 5.91 Å². The molecule has 138 valence electrons. The van der Waals surface area contributed by atoms with E-state index >= 15 is 0 Å². The average molecular weight is 359 g/mol. The van der Waals surface area contributed by atoms with Crippen molar-refractivity contribution in [3.05, 3.63) is 41.9 Å². The minimum atomic E-state index is -0.715. The molecule has 2 aromatic rings. The summed E-state index contributed by atoms with van der Waals surface area (Å²) in [6.07, 6.45) is 3.01. The molecule has 26 heavy (non-hydrogen) atoms. The highest BCUT2D eigenvalue weighted by Gasteiger charge is 2.23. The van der Waals surface area contributed by atoms with Gasteiger partial charge in [-0.05, 0) is 25.0 Å². The minimum absolute atomic E-state index is 0.0359. The van der Waals surface area contributed by atoms with Crippen LogP contribution in [0, 0.1) is 0 Å². The summed E-state index contributed by atoms with van der Waals surface area (Å²) in [5.41, 5.74) is 0.870. The maximum atomic E-state index is 12.4. The number of pyridine rings is 1. The van der Waals surface area contributed by atoms with Gasteiger partial charge in [-0.1, -0.05) is 19.9 Å². The number of hydrogen-bond acceptors (Lipinski definition) is 6. The lowest BCUT2D eigenvalue weighted by Crippen LogP contribution is -2.41. The highest BCUT2D eigenvalue weighted by Crippen LogP contribution is 2.22. The minimum Gasteiger partial charge on any atom is -0.452 e. The van der Waals surface area contributed by atoms with Crippen molar-refractivity contribution in [1.82, 2.24) is 25.4 Å². The fourth-order valence-electron chi connectivity index (χ4n) is 2.31. The predicted molar refractivity (Wildman–Crippen MR) is 92.9 cm³/mol. The molecule has 0 aliphatic heterocycles. The Morgan fingerprint density at radius 1 is 1.27 bits per heavy atom. The Balaban J connectivity index is 2.11. The van der Waals surface area contributed by atoms with Crippen molar-refractivity contribution in [2.75, 3.05) is 13.2 Å². The number of rotatable bonds is 6. The average Bonchev–Trinajstić information content (AvgIpc) is 3.06. The normalized spacial score (nSPS) is 10.5. The molecule has 9 nitrogen and oxygen atoms in total. The van der Waals surface area contributed by atoms with Gasteiger partial charge in [-0.25, -0.2) is 19.3 Å². The quantitative estimate of drug-likeness (QED) is 0.753. The second-order valence-electron chi connectivity index (χ2n) is 5.68. The maximum absolute atomic E-state index is 12.4. The van der Waals surface area contributed by atoms with Gasteiger partial charge in [0.2, 0.25) is 0 Å². The van der Waals surface area contributed by atoms with E-state index in [1.165, 1.54) is 6.20 Å². The smallest absolute Gasteiger partial charge is 0.342 e. The Labute approximate surface area is 150 Å². The van der Waals surface area contributed by atoms with Crippen molar-refractivity contribution >= 4 is 17.9 Å². The van der Waals surface area contributed by atoms with Crippen molar-refractivity contribution in [3.8, 4) is 5.82 Å². The molecule has 0 bridgehead atoms. The largest absolute Gasteiger partial charge is 0.452 e. The van der Waals surface area contributed by atoms with Crippen molar-refractivity contribution in [3.63, 3.8) is 0 Å².